The van der Waals surface area contributed by atoms with Gasteiger partial charge in [0.15, 0.2) is 0 Å². The molecule has 1 saturated carbocycles. The molecule has 1 N–H and O–H groups in total. The molecule has 0 unspecified atom stereocenters. The van der Waals surface area contributed by atoms with Gasteiger partial charge in [-0.1, -0.05) is 62.1 Å². The van der Waals surface area contributed by atoms with Crippen molar-refractivity contribution in [3.8, 4) is 0 Å². The molecule has 3 rings (SSSR count). The summed E-state index contributed by atoms with van der Waals surface area (Å²) >= 11 is 6.02. The van der Waals surface area contributed by atoms with E-state index in [1.54, 1.807) is 43.3 Å². The minimum absolute atomic E-state index is 0.103. The van der Waals surface area contributed by atoms with Crippen molar-refractivity contribution >= 4 is 39.1 Å². The van der Waals surface area contributed by atoms with E-state index in [0.29, 0.717) is 10.7 Å². The Morgan fingerprint density at radius 1 is 1.00 bits per heavy atom. The molecule has 0 saturated heterocycles. The number of halogens is 1. The monoisotopic (exact) mass is 533 g/mol. The van der Waals surface area contributed by atoms with Gasteiger partial charge in [0.2, 0.25) is 21.8 Å². The standard InChI is InChI=1S/C27H36ClN3O4S/c1-4-21-12-16-25(17-13-21)31(36(3,34)35)19-26(32)30(18-22-10-14-23(28)15-11-22)20(2)27(33)29-24-8-6-5-7-9-24/h10-17,20,24H,4-9,18-19H2,1-3H3,(H,29,33)/t20-/m1/s1. The highest BCUT2D eigenvalue weighted by molar-refractivity contribution is 7.92. The van der Waals surface area contributed by atoms with Crippen LogP contribution in [0.1, 0.15) is 57.1 Å². The number of nitrogens with one attached hydrogen (secondary N) is 1. The SMILES string of the molecule is CCc1ccc(N(CC(=O)N(Cc2ccc(Cl)cc2)[C@H](C)C(=O)NC2CCCCC2)S(C)(=O)=O)cc1. The number of hydrogen-bond donors (Lipinski definition) is 1. The van der Waals surface area contributed by atoms with E-state index >= 15 is 0 Å². The molecule has 1 fully saturated rings. The van der Waals surface area contributed by atoms with Crippen molar-refractivity contribution in [2.75, 3.05) is 17.1 Å². The number of amides is 2. The first-order chi connectivity index (χ1) is 17.1. The zero-order chi connectivity index (χ0) is 26.3. The van der Waals surface area contributed by atoms with E-state index < -0.39 is 28.5 Å². The number of carbonyl (C=O) groups is 2. The molecule has 0 aliphatic heterocycles. The molecule has 36 heavy (non-hydrogen) atoms. The van der Waals surface area contributed by atoms with Crippen LogP contribution in [0.2, 0.25) is 5.02 Å². The first kappa shape index (κ1) is 28.0. The van der Waals surface area contributed by atoms with Crippen LogP contribution in [0.3, 0.4) is 0 Å². The van der Waals surface area contributed by atoms with Crippen LogP contribution in [-0.2, 0) is 32.6 Å². The van der Waals surface area contributed by atoms with Crippen molar-refractivity contribution in [1.82, 2.24) is 10.2 Å². The maximum Gasteiger partial charge on any atom is 0.244 e. The van der Waals surface area contributed by atoms with Gasteiger partial charge in [0.05, 0.1) is 11.9 Å². The summed E-state index contributed by atoms with van der Waals surface area (Å²) in [4.78, 5) is 28.2. The summed E-state index contributed by atoms with van der Waals surface area (Å²) in [6.45, 7) is 3.45. The third-order valence-corrected chi connectivity index (χ3v) is 8.09. The number of benzene rings is 2. The number of rotatable bonds is 10. The molecule has 1 aliphatic rings. The van der Waals surface area contributed by atoms with E-state index in [1.807, 2.05) is 19.1 Å². The first-order valence-corrected chi connectivity index (χ1v) is 14.7. The highest BCUT2D eigenvalue weighted by atomic mass is 35.5. The molecule has 1 atom stereocenters. The van der Waals surface area contributed by atoms with Crippen LogP contribution in [0.15, 0.2) is 48.5 Å². The average molecular weight is 534 g/mol. The lowest BCUT2D eigenvalue weighted by Gasteiger charge is -2.33. The molecule has 0 aromatic heterocycles. The minimum Gasteiger partial charge on any atom is -0.352 e. The summed E-state index contributed by atoms with van der Waals surface area (Å²) < 4.78 is 26.4. The van der Waals surface area contributed by atoms with Gasteiger partial charge in [0.25, 0.3) is 0 Å². The van der Waals surface area contributed by atoms with Gasteiger partial charge >= 0.3 is 0 Å². The van der Waals surface area contributed by atoms with Gasteiger partial charge in [0, 0.05) is 17.6 Å². The normalized spacial score (nSPS) is 15.2. The molecular weight excluding hydrogens is 498 g/mol. The second-order valence-corrected chi connectivity index (χ2v) is 11.8. The molecule has 196 valence electrons. The Morgan fingerprint density at radius 2 is 1.58 bits per heavy atom. The Labute approximate surface area is 219 Å². The van der Waals surface area contributed by atoms with Crippen LogP contribution in [0, 0.1) is 0 Å². The molecule has 2 amide bonds. The van der Waals surface area contributed by atoms with E-state index in [1.165, 1.54) is 11.3 Å². The summed E-state index contributed by atoms with van der Waals surface area (Å²) in [7, 11) is -3.75. The summed E-state index contributed by atoms with van der Waals surface area (Å²) in [5, 5.41) is 3.66. The summed E-state index contributed by atoms with van der Waals surface area (Å²) in [5.41, 5.74) is 2.27. The average Bonchev–Trinajstić information content (AvgIpc) is 2.86. The Kier molecular flexibility index (Phi) is 9.79. The van der Waals surface area contributed by atoms with Gasteiger partial charge in [-0.2, -0.15) is 0 Å². The predicted octanol–water partition coefficient (Wildman–Crippen LogP) is 4.53. The Bertz CT molecular complexity index is 1130. The van der Waals surface area contributed by atoms with E-state index in [0.717, 1.165) is 53.8 Å². The molecular formula is C27H36ClN3O4S. The number of sulfonamides is 1. The van der Waals surface area contributed by atoms with Crippen molar-refractivity contribution in [1.29, 1.82) is 0 Å². The predicted molar refractivity (Wildman–Crippen MR) is 144 cm³/mol. The van der Waals surface area contributed by atoms with Crippen molar-refractivity contribution in [2.24, 2.45) is 0 Å². The minimum atomic E-state index is -3.75. The lowest BCUT2D eigenvalue weighted by Crippen LogP contribution is -2.52. The van der Waals surface area contributed by atoms with Gasteiger partial charge in [-0.25, -0.2) is 8.42 Å². The largest absolute Gasteiger partial charge is 0.352 e. The van der Waals surface area contributed by atoms with Crippen LogP contribution in [0.25, 0.3) is 0 Å². The summed E-state index contributed by atoms with van der Waals surface area (Å²) in [6.07, 6.45) is 7.08. The molecule has 2 aromatic rings. The Morgan fingerprint density at radius 3 is 2.14 bits per heavy atom. The summed E-state index contributed by atoms with van der Waals surface area (Å²) in [5.74, 6) is -0.691. The quantitative estimate of drug-likeness (QED) is 0.486. The molecule has 9 heteroatoms. The van der Waals surface area contributed by atoms with Gasteiger partial charge < -0.3 is 10.2 Å². The van der Waals surface area contributed by atoms with Crippen LogP contribution < -0.4 is 9.62 Å². The molecule has 0 heterocycles. The number of nitrogens with zero attached hydrogens (tertiary/aromatic N) is 2. The maximum atomic E-state index is 13.6. The number of anilines is 1. The van der Waals surface area contributed by atoms with Gasteiger partial charge in [-0.3, -0.25) is 13.9 Å². The van der Waals surface area contributed by atoms with Gasteiger partial charge in [-0.15, -0.1) is 0 Å². The number of hydrogen-bond acceptors (Lipinski definition) is 4. The van der Waals surface area contributed by atoms with Crippen LogP contribution in [-0.4, -0.2) is 50.0 Å². The molecule has 1 aliphatic carbocycles. The lowest BCUT2D eigenvalue weighted by molar-refractivity contribution is -0.139. The zero-order valence-corrected chi connectivity index (χ0v) is 22.8. The Balaban J connectivity index is 1.85. The molecule has 0 spiro atoms. The topological polar surface area (TPSA) is 86.8 Å². The van der Waals surface area contributed by atoms with Crippen LogP contribution in [0.5, 0.6) is 0 Å². The van der Waals surface area contributed by atoms with Crippen molar-refractivity contribution in [2.45, 2.75) is 71.0 Å². The lowest BCUT2D eigenvalue weighted by atomic mass is 9.95. The van der Waals surface area contributed by atoms with Crippen LogP contribution in [0.4, 0.5) is 5.69 Å². The maximum absolute atomic E-state index is 13.6. The van der Waals surface area contributed by atoms with Crippen molar-refractivity contribution in [3.05, 3.63) is 64.7 Å². The van der Waals surface area contributed by atoms with Crippen LogP contribution >= 0.6 is 11.6 Å². The highest BCUT2D eigenvalue weighted by Gasteiger charge is 2.31. The van der Waals surface area contributed by atoms with Gasteiger partial charge in [-0.05, 0) is 61.6 Å². The fourth-order valence-electron chi connectivity index (χ4n) is 4.45. The second-order valence-electron chi connectivity index (χ2n) is 9.46. The zero-order valence-electron chi connectivity index (χ0n) is 21.2. The third kappa shape index (κ3) is 7.71. The molecule has 0 bridgehead atoms. The Hall–Kier alpha value is -2.58. The molecule has 0 radical (unpaired) electrons. The fraction of sp³-hybridized carbons (Fsp3) is 0.481. The third-order valence-electron chi connectivity index (χ3n) is 6.70. The summed E-state index contributed by atoms with van der Waals surface area (Å²) in [6, 6.07) is 13.5. The van der Waals surface area contributed by atoms with E-state index in [9.17, 15) is 18.0 Å². The fourth-order valence-corrected chi connectivity index (χ4v) is 5.43. The van der Waals surface area contributed by atoms with Crippen molar-refractivity contribution < 1.29 is 18.0 Å². The van der Waals surface area contributed by atoms with Crippen molar-refractivity contribution in [3.63, 3.8) is 0 Å². The van der Waals surface area contributed by atoms with E-state index in [-0.39, 0.29) is 18.5 Å². The van der Waals surface area contributed by atoms with E-state index in [2.05, 4.69) is 5.32 Å². The number of carbonyl (C=O) groups excluding carboxylic acids is 2. The number of aryl methyl sites for hydroxylation is 1. The molecule has 2 aromatic carbocycles. The second kappa shape index (κ2) is 12.6. The smallest absolute Gasteiger partial charge is 0.244 e. The van der Waals surface area contributed by atoms with Gasteiger partial charge in [0.1, 0.15) is 12.6 Å². The molecule has 7 nitrogen and oxygen atoms in total. The highest BCUT2D eigenvalue weighted by Crippen LogP contribution is 2.21. The van der Waals surface area contributed by atoms with E-state index in [4.69, 9.17) is 11.6 Å². The first-order valence-electron chi connectivity index (χ1n) is 12.5.